The van der Waals surface area contributed by atoms with Gasteiger partial charge in [-0.3, -0.25) is 0 Å². The van der Waals surface area contributed by atoms with Crippen LogP contribution in [0.3, 0.4) is 0 Å². The zero-order chi connectivity index (χ0) is 15.7. The van der Waals surface area contributed by atoms with E-state index in [0.717, 1.165) is 48.6 Å². The van der Waals surface area contributed by atoms with Crippen molar-refractivity contribution in [1.82, 2.24) is 15.1 Å². The van der Waals surface area contributed by atoms with Gasteiger partial charge in [0.2, 0.25) is 5.89 Å². The van der Waals surface area contributed by atoms with E-state index in [0.29, 0.717) is 11.9 Å². The molecule has 0 unspecified atom stereocenters. The van der Waals surface area contributed by atoms with Crippen LogP contribution in [-0.2, 0) is 0 Å². The van der Waals surface area contributed by atoms with Crippen LogP contribution >= 0.6 is 0 Å². The summed E-state index contributed by atoms with van der Waals surface area (Å²) >= 11 is 0. The van der Waals surface area contributed by atoms with Gasteiger partial charge in [0.05, 0.1) is 7.11 Å². The van der Waals surface area contributed by atoms with E-state index in [2.05, 4.69) is 33.1 Å². The fourth-order valence-corrected chi connectivity index (χ4v) is 2.73. The second-order valence-corrected chi connectivity index (χ2v) is 5.82. The van der Waals surface area contributed by atoms with Crippen molar-refractivity contribution in [1.29, 1.82) is 0 Å². The van der Waals surface area contributed by atoms with Gasteiger partial charge in [0.15, 0.2) is 0 Å². The van der Waals surface area contributed by atoms with Crippen molar-refractivity contribution in [3.05, 3.63) is 23.3 Å². The number of methoxy groups -OCH3 is 1. The first-order valence-corrected chi connectivity index (χ1v) is 7.51. The fraction of sp³-hybridized carbons (Fsp3) is 0.500. The van der Waals surface area contributed by atoms with E-state index in [4.69, 9.17) is 9.15 Å². The van der Waals surface area contributed by atoms with E-state index in [1.54, 1.807) is 7.11 Å². The number of rotatable bonds is 3. The molecule has 0 spiro atoms. The van der Waals surface area contributed by atoms with Gasteiger partial charge in [-0.05, 0) is 38.1 Å². The van der Waals surface area contributed by atoms with Gasteiger partial charge in [0.1, 0.15) is 5.75 Å². The molecule has 2 aromatic rings. The number of anilines is 1. The smallest absolute Gasteiger partial charge is 0.318 e. The number of aryl methyl sites for hydroxylation is 2. The molecule has 1 aromatic heterocycles. The van der Waals surface area contributed by atoms with Crippen molar-refractivity contribution in [2.45, 2.75) is 13.8 Å². The largest absolute Gasteiger partial charge is 0.496 e. The number of piperazine rings is 1. The highest BCUT2D eigenvalue weighted by Crippen LogP contribution is 2.31. The van der Waals surface area contributed by atoms with Crippen LogP contribution in [0.25, 0.3) is 11.5 Å². The average molecular weight is 302 g/mol. The van der Waals surface area contributed by atoms with Crippen molar-refractivity contribution >= 4 is 6.01 Å². The van der Waals surface area contributed by atoms with E-state index >= 15 is 0 Å². The van der Waals surface area contributed by atoms with Crippen molar-refractivity contribution in [3.8, 4) is 17.2 Å². The molecular weight excluding hydrogens is 280 g/mol. The van der Waals surface area contributed by atoms with Gasteiger partial charge in [-0.2, -0.15) is 0 Å². The SMILES string of the molecule is COc1cc(-c2nnc(N3CCN(C)CC3)o2)c(C)cc1C. The zero-order valence-electron chi connectivity index (χ0n) is 13.6. The summed E-state index contributed by atoms with van der Waals surface area (Å²) in [5.41, 5.74) is 3.13. The van der Waals surface area contributed by atoms with Crippen LogP contribution in [0, 0.1) is 13.8 Å². The van der Waals surface area contributed by atoms with Crippen molar-refractivity contribution in [3.63, 3.8) is 0 Å². The summed E-state index contributed by atoms with van der Waals surface area (Å²) in [6.07, 6.45) is 0. The lowest BCUT2D eigenvalue weighted by atomic mass is 10.0. The minimum atomic E-state index is 0.546. The summed E-state index contributed by atoms with van der Waals surface area (Å²) in [4.78, 5) is 4.43. The number of likely N-dealkylation sites (N-methyl/N-ethyl adjacent to an activating group) is 1. The Hall–Kier alpha value is -2.08. The van der Waals surface area contributed by atoms with Crippen LogP contribution in [-0.4, -0.2) is 55.4 Å². The highest BCUT2D eigenvalue weighted by Gasteiger charge is 2.20. The van der Waals surface area contributed by atoms with Gasteiger partial charge in [-0.15, -0.1) is 5.10 Å². The Morgan fingerprint density at radius 3 is 2.45 bits per heavy atom. The van der Waals surface area contributed by atoms with Crippen LogP contribution in [0.2, 0.25) is 0 Å². The molecule has 22 heavy (non-hydrogen) atoms. The molecule has 0 bridgehead atoms. The maximum Gasteiger partial charge on any atom is 0.318 e. The fourth-order valence-electron chi connectivity index (χ4n) is 2.73. The second kappa shape index (κ2) is 5.96. The Balaban J connectivity index is 1.87. The normalized spacial score (nSPS) is 16.1. The molecule has 0 saturated carbocycles. The Bertz CT molecular complexity index is 660. The first-order chi connectivity index (χ1) is 10.6. The molecule has 2 heterocycles. The first-order valence-electron chi connectivity index (χ1n) is 7.51. The lowest BCUT2D eigenvalue weighted by Gasteiger charge is -2.30. The molecule has 0 radical (unpaired) electrons. The van der Waals surface area contributed by atoms with Crippen molar-refractivity contribution in [2.24, 2.45) is 0 Å². The minimum absolute atomic E-state index is 0.546. The zero-order valence-corrected chi connectivity index (χ0v) is 13.6. The number of aromatic nitrogens is 2. The number of hydrogen-bond acceptors (Lipinski definition) is 6. The molecule has 1 fully saturated rings. The minimum Gasteiger partial charge on any atom is -0.496 e. The van der Waals surface area contributed by atoms with E-state index in [1.165, 1.54) is 0 Å². The molecule has 0 atom stereocenters. The molecule has 0 aliphatic carbocycles. The highest BCUT2D eigenvalue weighted by atomic mass is 16.5. The number of ether oxygens (including phenoxy) is 1. The van der Waals surface area contributed by atoms with Gasteiger partial charge in [-0.25, -0.2) is 0 Å². The number of nitrogens with zero attached hydrogens (tertiary/aromatic N) is 4. The molecule has 1 aliphatic rings. The third-order valence-electron chi connectivity index (χ3n) is 4.16. The summed E-state index contributed by atoms with van der Waals surface area (Å²) in [7, 11) is 3.80. The second-order valence-electron chi connectivity index (χ2n) is 5.82. The summed E-state index contributed by atoms with van der Waals surface area (Å²) < 4.78 is 11.3. The quantitative estimate of drug-likeness (QED) is 0.865. The van der Waals surface area contributed by atoms with Gasteiger partial charge in [0.25, 0.3) is 0 Å². The van der Waals surface area contributed by atoms with Crippen molar-refractivity contribution in [2.75, 3.05) is 45.2 Å². The Morgan fingerprint density at radius 2 is 1.77 bits per heavy atom. The van der Waals surface area contributed by atoms with Gasteiger partial charge in [0, 0.05) is 31.7 Å². The maximum absolute atomic E-state index is 5.89. The van der Waals surface area contributed by atoms with Crippen LogP contribution in [0.15, 0.2) is 16.5 Å². The predicted molar refractivity (Wildman–Crippen MR) is 85.5 cm³/mol. The molecule has 0 amide bonds. The van der Waals surface area contributed by atoms with Gasteiger partial charge >= 0.3 is 6.01 Å². The predicted octanol–water partition coefficient (Wildman–Crippen LogP) is 2.11. The third kappa shape index (κ3) is 2.78. The highest BCUT2D eigenvalue weighted by molar-refractivity contribution is 5.63. The molecular formula is C16H22N4O2. The molecule has 118 valence electrons. The van der Waals surface area contributed by atoms with Gasteiger partial charge in [-0.1, -0.05) is 11.2 Å². The van der Waals surface area contributed by atoms with Crippen LogP contribution in [0.5, 0.6) is 5.75 Å². The Kier molecular flexibility index (Phi) is 4.02. The molecule has 1 aromatic carbocycles. The monoisotopic (exact) mass is 302 g/mol. The van der Waals surface area contributed by atoms with Crippen LogP contribution in [0.4, 0.5) is 6.01 Å². The summed E-state index contributed by atoms with van der Waals surface area (Å²) in [5.74, 6) is 1.38. The van der Waals surface area contributed by atoms with Gasteiger partial charge < -0.3 is 19.0 Å². The van der Waals surface area contributed by atoms with E-state index in [-0.39, 0.29) is 0 Å². The standard InChI is InChI=1S/C16H22N4O2/c1-11-9-12(2)14(21-4)10-13(11)15-17-18-16(22-15)20-7-5-19(3)6-8-20/h9-10H,5-8H2,1-4H3. The molecule has 6 nitrogen and oxygen atoms in total. The van der Waals surface area contributed by atoms with E-state index in [1.807, 2.05) is 19.9 Å². The summed E-state index contributed by atoms with van der Waals surface area (Å²) in [5, 5.41) is 8.43. The molecule has 1 aliphatic heterocycles. The van der Waals surface area contributed by atoms with E-state index in [9.17, 15) is 0 Å². The number of hydrogen-bond donors (Lipinski definition) is 0. The summed E-state index contributed by atoms with van der Waals surface area (Å²) in [6.45, 7) is 7.91. The molecule has 3 rings (SSSR count). The molecule has 6 heteroatoms. The van der Waals surface area contributed by atoms with Crippen molar-refractivity contribution < 1.29 is 9.15 Å². The Morgan fingerprint density at radius 1 is 1.05 bits per heavy atom. The molecule has 1 saturated heterocycles. The van der Waals surface area contributed by atoms with Crippen LogP contribution < -0.4 is 9.64 Å². The Labute approximate surface area is 130 Å². The topological polar surface area (TPSA) is 54.6 Å². The molecule has 0 N–H and O–H groups in total. The maximum atomic E-state index is 5.89. The lowest BCUT2D eigenvalue weighted by molar-refractivity contribution is 0.305. The summed E-state index contributed by atoms with van der Waals surface area (Å²) in [6, 6.07) is 4.64. The first kappa shape index (κ1) is 14.8. The number of benzene rings is 1. The lowest BCUT2D eigenvalue weighted by Crippen LogP contribution is -2.44. The third-order valence-corrected chi connectivity index (χ3v) is 4.16. The average Bonchev–Trinajstić information content (AvgIpc) is 2.98. The van der Waals surface area contributed by atoms with E-state index < -0.39 is 0 Å². The van der Waals surface area contributed by atoms with Crippen LogP contribution in [0.1, 0.15) is 11.1 Å².